The average Bonchev–Trinajstić information content (AvgIpc) is 2.55. The number of benzene rings is 3. The van der Waals surface area contributed by atoms with Crippen molar-refractivity contribution in [1.29, 1.82) is 0 Å². The smallest absolute Gasteiger partial charge is 0.128 e. The molecule has 0 saturated carbocycles. The first-order valence-corrected chi connectivity index (χ1v) is 7.12. The number of para-hydroxylation sites is 1. The molecular weight excluding hydrogens is 258 g/mol. The van der Waals surface area contributed by atoms with Gasteiger partial charge in [-0.15, -0.1) is 0 Å². The van der Waals surface area contributed by atoms with Crippen LogP contribution >= 0.6 is 0 Å². The van der Waals surface area contributed by atoms with E-state index in [1.807, 2.05) is 61.7 Å². The first-order chi connectivity index (χ1) is 10.4. The van der Waals surface area contributed by atoms with Gasteiger partial charge in [0.2, 0.25) is 0 Å². The van der Waals surface area contributed by atoms with Crippen LogP contribution in [0.15, 0.2) is 71.7 Å². The number of nitrogens with zero attached hydrogens (tertiary/aromatic N) is 1. The Bertz CT molecular complexity index is 763. The summed E-state index contributed by atoms with van der Waals surface area (Å²) >= 11 is 0. The van der Waals surface area contributed by atoms with Gasteiger partial charge in [0.1, 0.15) is 5.75 Å². The van der Waals surface area contributed by atoms with Crippen LogP contribution < -0.4 is 4.74 Å². The molecule has 0 heterocycles. The predicted molar refractivity (Wildman–Crippen MR) is 88.8 cm³/mol. The van der Waals surface area contributed by atoms with Crippen LogP contribution in [0, 0.1) is 0 Å². The number of fused-ring (bicyclic) bond motifs is 1. The summed E-state index contributed by atoms with van der Waals surface area (Å²) in [6.07, 6.45) is 1.89. The average molecular weight is 275 g/mol. The van der Waals surface area contributed by atoms with E-state index in [9.17, 15) is 0 Å². The summed E-state index contributed by atoms with van der Waals surface area (Å²) in [6.45, 7) is 2.64. The van der Waals surface area contributed by atoms with Crippen molar-refractivity contribution in [2.24, 2.45) is 4.99 Å². The zero-order chi connectivity index (χ0) is 14.5. The summed E-state index contributed by atoms with van der Waals surface area (Å²) in [4.78, 5) is 4.56. The lowest BCUT2D eigenvalue weighted by molar-refractivity contribution is 0.340. The van der Waals surface area contributed by atoms with Crippen molar-refractivity contribution in [1.82, 2.24) is 0 Å². The molecule has 3 rings (SSSR count). The van der Waals surface area contributed by atoms with Crippen LogP contribution in [-0.2, 0) is 0 Å². The van der Waals surface area contributed by atoms with Gasteiger partial charge in [-0.05, 0) is 35.9 Å². The van der Waals surface area contributed by atoms with Crippen LogP contribution in [0.3, 0.4) is 0 Å². The summed E-state index contributed by atoms with van der Waals surface area (Å²) in [5, 5.41) is 2.35. The van der Waals surface area contributed by atoms with E-state index < -0.39 is 0 Å². The number of hydrogen-bond donors (Lipinski definition) is 0. The lowest BCUT2D eigenvalue weighted by Crippen LogP contribution is -1.97. The standard InChI is InChI=1S/C19H17NO/c1-2-21-19-13-12-15-8-6-7-11-17(15)18(19)14-20-16-9-4-3-5-10-16/h3-14H,2H2,1H3/b20-14+. The molecule has 0 atom stereocenters. The van der Waals surface area contributed by atoms with Crippen molar-refractivity contribution in [3.05, 3.63) is 72.3 Å². The molecule has 0 amide bonds. The molecule has 0 spiro atoms. The molecule has 2 heteroatoms. The normalized spacial score (nSPS) is 11.1. The first kappa shape index (κ1) is 13.4. The fraction of sp³-hybridized carbons (Fsp3) is 0.105. The van der Waals surface area contributed by atoms with Crippen molar-refractivity contribution >= 4 is 22.7 Å². The minimum Gasteiger partial charge on any atom is -0.493 e. The van der Waals surface area contributed by atoms with Crippen LogP contribution in [0.25, 0.3) is 10.8 Å². The Morgan fingerprint density at radius 2 is 1.67 bits per heavy atom. The first-order valence-electron chi connectivity index (χ1n) is 7.12. The monoisotopic (exact) mass is 275 g/mol. The Hall–Kier alpha value is -2.61. The van der Waals surface area contributed by atoms with E-state index >= 15 is 0 Å². The van der Waals surface area contributed by atoms with Crippen molar-refractivity contribution in [2.45, 2.75) is 6.92 Å². The fourth-order valence-corrected chi connectivity index (χ4v) is 2.34. The van der Waals surface area contributed by atoms with Crippen LogP contribution in [0.5, 0.6) is 5.75 Å². The maximum Gasteiger partial charge on any atom is 0.128 e. The molecule has 2 nitrogen and oxygen atoms in total. The zero-order valence-corrected chi connectivity index (χ0v) is 12.0. The lowest BCUT2D eigenvalue weighted by Gasteiger charge is -2.10. The second-order valence-corrected chi connectivity index (χ2v) is 4.73. The van der Waals surface area contributed by atoms with E-state index in [1.165, 1.54) is 5.39 Å². The lowest BCUT2D eigenvalue weighted by atomic mass is 10.0. The second-order valence-electron chi connectivity index (χ2n) is 4.73. The van der Waals surface area contributed by atoms with Gasteiger partial charge in [0.05, 0.1) is 12.3 Å². The van der Waals surface area contributed by atoms with E-state index in [-0.39, 0.29) is 0 Å². The van der Waals surface area contributed by atoms with Crippen LogP contribution in [-0.4, -0.2) is 12.8 Å². The molecule has 0 bridgehead atoms. The van der Waals surface area contributed by atoms with Gasteiger partial charge in [-0.3, -0.25) is 4.99 Å². The summed E-state index contributed by atoms with van der Waals surface area (Å²) < 4.78 is 5.74. The van der Waals surface area contributed by atoms with E-state index in [2.05, 4.69) is 23.2 Å². The number of ether oxygens (including phenoxy) is 1. The van der Waals surface area contributed by atoms with Gasteiger partial charge in [-0.25, -0.2) is 0 Å². The molecule has 3 aromatic carbocycles. The van der Waals surface area contributed by atoms with Gasteiger partial charge in [0, 0.05) is 11.8 Å². The Balaban J connectivity index is 2.10. The van der Waals surface area contributed by atoms with E-state index in [4.69, 9.17) is 4.74 Å². The maximum absolute atomic E-state index is 5.74. The molecule has 0 saturated heterocycles. The van der Waals surface area contributed by atoms with Crippen molar-refractivity contribution < 1.29 is 4.74 Å². The highest BCUT2D eigenvalue weighted by atomic mass is 16.5. The topological polar surface area (TPSA) is 21.6 Å². The molecule has 0 fully saturated rings. The van der Waals surface area contributed by atoms with Crippen LogP contribution in [0.1, 0.15) is 12.5 Å². The number of rotatable bonds is 4. The summed E-state index contributed by atoms with van der Waals surface area (Å²) in [7, 11) is 0. The third-order valence-electron chi connectivity index (χ3n) is 3.33. The molecule has 0 radical (unpaired) electrons. The molecule has 0 aromatic heterocycles. The Morgan fingerprint density at radius 1 is 0.905 bits per heavy atom. The minimum absolute atomic E-state index is 0.643. The number of aliphatic imine (C=N–C) groups is 1. The molecule has 0 aliphatic rings. The quantitative estimate of drug-likeness (QED) is 0.615. The molecular formula is C19H17NO. The third-order valence-corrected chi connectivity index (χ3v) is 3.33. The molecule has 21 heavy (non-hydrogen) atoms. The predicted octanol–water partition coefficient (Wildman–Crippen LogP) is 4.99. The largest absolute Gasteiger partial charge is 0.493 e. The summed E-state index contributed by atoms with van der Waals surface area (Å²) in [6, 6.07) is 22.3. The molecule has 0 unspecified atom stereocenters. The van der Waals surface area contributed by atoms with Gasteiger partial charge < -0.3 is 4.74 Å². The van der Waals surface area contributed by atoms with Crippen molar-refractivity contribution in [2.75, 3.05) is 6.61 Å². The Morgan fingerprint density at radius 3 is 2.48 bits per heavy atom. The fourth-order valence-electron chi connectivity index (χ4n) is 2.34. The number of hydrogen-bond acceptors (Lipinski definition) is 2. The van der Waals surface area contributed by atoms with Crippen molar-refractivity contribution in [3.8, 4) is 5.75 Å². The molecule has 0 aliphatic carbocycles. The molecule has 104 valence electrons. The van der Waals surface area contributed by atoms with E-state index in [0.29, 0.717) is 6.61 Å². The Labute approximate surface area is 124 Å². The van der Waals surface area contributed by atoms with Gasteiger partial charge in [-0.2, -0.15) is 0 Å². The highest BCUT2D eigenvalue weighted by Gasteiger charge is 2.06. The molecule has 0 aliphatic heterocycles. The van der Waals surface area contributed by atoms with Crippen LogP contribution in [0.2, 0.25) is 0 Å². The second kappa shape index (κ2) is 6.23. The summed E-state index contributed by atoms with van der Waals surface area (Å²) in [5.74, 6) is 0.871. The third kappa shape index (κ3) is 2.95. The Kier molecular flexibility index (Phi) is 3.97. The van der Waals surface area contributed by atoms with Gasteiger partial charge in [0.15, 0.2) is 0 Å². The van der Waals surface area contributed by atoms with E-state index in [1.54, 1.807) is 0 Å². The van der Waals surface area contributed by atoms with Crippen LogP contribution in [0.4, 0.5) is 5.69 Å². The maximum atomic E-state index is 5.74. The van der Waals surface area contributed by atoms with E-state index in [0.717, 1.165) is 22.4 Å². The molecule has 3 aromatic rings. The molecule has 0 N–H and O–H groups in total. The van der Waals surface area contributed by atoms with Gasteiger partial charge >= 0.3 is 0 Å². The highest BCUT2D eigenvalue weighted by Crippen LogP contribution is 2.27. The van der Waals surface area contributed by atoms with Gasteiger partial charge in [0.25, 0.3) is 0 Å². The zero-order valence-electron chi connectivity index (χ0n) is 12.0. The summed E-state index contributed by atoms with van der Waals surface area (Å²) in [5.41, 5.74) is 1.96. The highest BCUT2D eigenvalue weighted by molar-refractivity contribution is 6.03. The minimum atomic E-state index is 0.643. The SMILES string of the molecule is CCOc1ccc2ccccc2c1/C=N/c1ccccc1. The van der Waals surface area contributed by atoms with Gasteiger partial charge in [-0.1, -0.05) is 48.5 Å². The van der Waals surface area contributed by atoms with Crippen molar-refractivity contribution in [3.63, 3.8) is 0 Å².